The first-order valence-electron chi connectivity index (χ1n) is 5.80. The Morgan fingerprint density at radius 3 is 2.67 bits per heavy atom. The number of piperidine rings is 1. The smallest absolute Gasteiger partial charge is 0.450 e. The average molecular weight is 215 g/mol. The summed E-state index contributed by atoms with van der Waals surface area (Å²) in [6, 6.07) is 0. The van der Waals surface area contributed by atoms with Crippen LogP contribution in [0, 0.1) is 0 Å². The minimum Gasteiger partial charge on any atom is -0.450 e. The van der Waals surface area contributed by atoms with Crippen molar-refractivity contribution in [3.05, 3.63) is 0 Å². The number of carboxylic acid groups (broad SMARTS) is 1. The number of likely N-dealkylation sites (tertiary alicyclic amines) is 1. The van der Waals surface area contributed by atoms with Gasteiger partial charge in [0.25, 0.3) is 0 Å². The van der Waals surface area contributed by atoms with Crippen LogP contribution in [0.1, 0.15) is 39.0 Å². The van der Waals surface area contributed by atoms with Crippen molar-refractivity contribution in [2.45, 2.75) is 45.1 Å². The molecule has 1 fully saturated rings. The molecule has 0 saturated carbocycles. The van der Waals surface area contributed by atoms with Gasteiger partial charge in [-0.2, -0.15) is 0 Å². The van der Waals surface area contributed by atoms with Crippen LogP contribution in [-0.2, 0) is 4.74 Å². The topological polar surface area (TPSA) is 49.8 Å². The van der Waals surface area contributed by atoms with Crippen LogP contribution in [0.15, 0.2) is 0 Å². The van der Waals surface area contributed by atoms with Gasteiger partial charge in [0.1, 0.15) is 6.10 Å². The fourth-order valence-electron chi connectivity index (χ4n) is 2.02. The highest BCUT2D eigenvalue weighted by atomic mass is 16.7. The third-order valence-corrected chi connectivity index (χ3v) is 2.84. The Kier molecular flexibility index (Phi) is 5.47. The van der Waals surface area contributed by atoms with E-state index in [0.29, 0.717) is 0 Å². The van der Waals surface area contributed by atoms with Crippen molar-refractivity contribution in [1.29, 1.82) is 0 Å². The van der Waals surface area contributed by atoms with E-state index in [2.05, 4.69) is 9.64 Å². The Bertz CT molecular complexity index is 190. The van der Waals surface area contributed by atoms with E-state index in [0.717, 1.165) is 19.4 Å². The lowest BCUT2D eigenvalue weighted by atomic mass is 10.1. The van der Waals surface area contributed by atoms with Gasteiger partial charge in [-0.15, -0.1) is 0 Å². The third kappa shape index (κ3) is 5.62. The summed E-state index contributed by atoms with van der Waals surface area (Å²) in [6.07, 6.45) is 4.47. The lowest BCUT2D eigenvalue weighted by Crippen LogP contribution is -2.31. The van der Waals surface area contributed by atoms with E-state index in [1.165, 1.54) is 32.4 Å². The zero-order chi connectivity index (χ0) is 11.1. The molecule has 0 aromatic rings. The van der Waals surface area contributed by atoms with Gasteiger partial charge in [-0.05, 0) is 52.2 Å². The number of hydrogen-bond donors (Lipinski definition) is 1. The maximum atomic E-state index is 10.2. The summed E-state index contributed by atoms with van der Waals surface area (Å²) in [7, 11) is 0. The summed E-state index contributed by atoms with van der Waals surface area (Å²) in [4.78, 5) is 12.7. The number of carbonyl (C=O) groups is 1. The van der Waals surface area contributed by atoms with Crippen molar-refractivity contribution >= 4 is 6.16 Å². The molecule has 1 heterocycles. The second-order valence-corrected chi connectivity index (χ2v) is 4.24. The molecule has 1 rings (SSSR count). The predicted molar refractivity (Wildman–Crippen MR) is 58.1 cm³/mol. The lowest BCUT2D eigenvalue weighted by Gasteiger charge is -2.26. The summed E-state index contributed by atoms with van der Waals surface area (Å²) in [5.74, 6) is 0. The number of hydrogen-bond acceptors (Lipinski definition) is 3. The molecule has 4 nitrogen and oxygen atoms in total. The van der Waals surface area contributed by atoms with E-state index in [-0.39, 0.29) is 6.10 Å². The molecule has 1 aliphatic rings. The Morgan fingerprint density at radius 2 is 2.07 bits per heavy atom. The van der Waals surface area contributed by atoms with Gasteiger partial charge < -0.3 is 14.7 Å². The molecule has 1 aliphatic heterocycles. The normalized spacial score (nSPS) is 19.8. The highest BCUT2D eigenvalue weighted by Crippen LogP contribution is 2.10. The Hall–Kier alpha value is -0.770. The van der Waals surface area contributed by atoms with Gasteiger partial charge in [0.05, 0.1) is 0 Å². The van der Waals surface area contributed by atoms with Crippen LogP contribution in [-0.4, -0.2) is 41.9 Å². The minimum atomic E-state index is -1.17. The lowest BCUT2D eigenvalue weighted by molar-refractivity contribution is 0.0534. The monoisotopic (exact) mass is 215 g/mol. The molecule has 1 atom stereocenters. The van der Waals surface area contributed by atoms with Gasteiger partial charge in [-0.3, -0.25) is 0 Å². The summed E-state index contributed by atoms with van der Waals surface area (Å²) in [6.45, 7) is 5.29. The molecule has 15 heavy (non-hydrogen) atoms. The van der Waals surface area contributed by atoms with E-state index in [1.807, 2.05) is 6.92 Å². The number of nitrogens with zero attached hydrogens (tertiary/aromatic N) is 1. The molecular weight excluding hydrogens is 194 g/mol. The van der Waals surface area contributed by atoms with Gasteiger partial charge >= 0.3 is 6.16 Å². The molecule has 1 saturated heterocycles. The van der Waals surface area contributed by atoms with Crippen molar-refractivity contribution in [1.82, 2.24) is 4.90 Å². The first-order valence-corrected chi connectivity index (χ1v) is 5.80. The molecule has 0 aliphatic carbocycles. The molecule has 1 N–H and O–H groups in total. The fourth-order valence-corrected chi connectivity index (χ4v) is 2.02. The Balaban J connectivity index is 2.02. The summed E-state index contributed by atoms with van der Waals surface area (Å²) < 4.78 is 4.64. The molecule has 0 amide bonds. The van der Waals surface area contributed by atoms with Gasteiger partial charge in [-0.25, -0.2) is 4.79 Å². The first kappa shape index (κ1) is 12.3. The standard InChI is InChI=1S/C11H21NO3/c1-10(15-11(13)14)6-5-9-12-7-3-2-4-8-12/h10H,2-9H2,1H3,(H,13,14). The van der Waals surface area contributed by atoms with Crippen LogP contribution in [0.25, 0.3) is 0 Å². The maximum absolute atomic E-state index is 10.2. The molecule has 0 aromatic carbocycles. The van der Waals surface area contributed by atoms with E-state index in [1.54, 1.807) is 0 Å². The van der Waals surface area contributed by atoms with E-state index in [9.17, 15) is 4.79 Å². The molecule has 0 spiro atoms. The van der Waals surface area contributed by atoms with Crippen molar-refractivity contribution in [3.63, 3.8) is 0 Å². The van der Waals surface area contributed by atoms with Crippen molar-refractivity contribution in [2.24, 2.45) is 0 Å². The van der Waals surface area contributed by atoms with Crippen LogP contribution in [0.3, 0.4) is 0 Å². The Labute approximate surface area is 91.2 Å². The number of ether oxygens (including phenoxy) is 1. The fraction of sp³-hybridized carbons (Fsp3) is 0.909. The predicted octanol–water partition coefficient (Wildman–Crippen LogP) is 2.34. The van der Waals surface area contributed by atoms with Crippen molar-refractivity contribution < 1.29 is 14.6 Å². The van der Waals surface area contributed by atoms with Crippen LogP contribution >= 0.6 is 0 Å². The molecular formula is C11H21NO3. The quantitative estimate of drug-likeness (QED) is 0.715. The zero-order valence-corrected chi connectivity index (χ0v) is 9.45. The minimum absolute atomic E-state index is 0.174. The maximum Gasteiger partial charge on any atom is 0.506 e. The third-order valence-electron chi connectivity index (χ3n) is 2.84. The highest BCUT2D eigenvalue weighted by Gasteiger charge is 2.11. The van der Waals surface area contributed by atoms with Crippen LogP contribution in [0.5, 0.6) is 0 Å². The molecule has 0 aromatic heterocycles. The van der Waals surface area contributed by atoms with E-state index >= 15 is 0 Å². The average Bonchev–Trinajstić information content (AvgIpc) is 2.18. The summed E-state index contributed by atoms with van der Waals surface area (Å²) in [5, 5.41) is 8.40. The second kappa shape index (κ2) is 6.67. The van der Waals surface area contributed by atoms with E-state index in [4.69, 9.17) is 5.11 Å². The van der Waals surface area contributed by atoms with Gasteiger partial charge in [0, 0.05) is 0 Å². The molecule has 1 unspecified atom stereocenters. The molecule has 0 radical (unpaired) electrons. The van der Waals surface area contributed by atoms with Crippen molar-refractivity contribution in [3.8, 4) is 0 Å². The molecule has 0 bridgehead atoms. The summed E-state index contributed by atoms with van der Waals surface area (Å²) >= 11 is 0. The Morgan fingerprint density at radius 1 is 1.40 bits per heavy atom. The van der Waals surface area contributed by atoms with Gasteiger partial charge in [-0.1, -0.05) is 6.42 Å². The number of rotatable bonds is 5. The van der Waals surface area contributed by atoms with Gasteiger partial charge in [0.2, 0.25) is 0 Å². The van der Waals surface area contributed by atoms with Crippen molar-refractivity contribution in [2.75, 3.05) is 19.6 Å². The van der Waals surface area contributed by atoms with Crippen LogP contribution in [0.4, 0.5) is 4.79 Å². The second-order valence-electron chi connectivity index (χ2n) is 4.24. The first-order chi connectivity index (χ1) is 7.18. The largest absolute Gasteiger partial charge is 0.506 e. The van der Waals surface area contributed by atoms with Crippen LogP contribution in [0.2, 0.25) is 0 Å². The highest BCUT2D eigenvalue weighted by molar-refractivity contribution is 5.56. The molecule has 88 valence electrons. The van der Waals surface area contributed by atoms with E-state index < -0.39 is 6.16 Å². The molecule has 4 heteroatoms. The SMILES string of the molecule is CC(CCCN1CCCCC1)OC(=O)O. The summed E-state index contributed by atoms with van der Waals surface area (Å²) in [5.41, 5.74) is 0. The zero-order valence-electron chi connectivity index (χ0n) is 9.45. The van der Waals surface area contributed by atoms with Crippen LogP contribution < -0.4 is 0 Å². The van der Waals surface area contributed by atoms with Gasteiger partial charge in [0.15, 0.2) is 0 Å².